The van der Waals surface area contributed by atoms with Crippen molar-refractivity contribution in [2.75, 3.05) is 11.9 Å². The molecule has 0 fully saturated rings. The molecule has 1 aromatic carbocycles. The summed E-state index contributed by atoms with van der Waals surface area (Å²) in [5, 5.41) is 8.42. The number of nitrogens with zero attached hydrogens (tertiary/aromatic N) is 2. The van der Waals surface area contributed by atoms with E-state index in [1.165, 1.54) is 26.1 Å². The molecule has 1 atom stereocenters. The van der Waals surface area contributed by atoms with Crippen molar-refractivity contribution in [1.29, 1.82) is 0 Å². The van der Waals surface area contributed by atoms with Crippen LogP contribution in [0.3, 0.4) is 0 Å². The molecule has 0 spiro atoms. The van der Waals surface area contributed by atoms with Crippen LogP contribution in [0.5, 0.6) is 5.75 Å². The molecular formula is C16H16F4N4O2. The topological polar surface area (TPSA) is 68.2 Å². The van der Waals surface area contributed by atoms with Crippen LogP contribution in [0, 0.1) is 12.7 Å². The molecule has 1 aliphatic rings. The molecular weight excluding hydrogens is 356 g/mol. The van der Waals surface area contributed by atoms with Crippen molar-refractivity contribution in [3.8, 4) is 5.75 Å². The fourth-order valence-electron chi connectivity index (χ4n) is 2.91. The maximum Gasteiger partial charge on any atom is 0.435 e. The molecule has 0 bridgehead atoms. The van der Waals surface area contributed by atoms with Crippen molar-refractivity contribution >= 4 is 11.8 Å². The highest BCUT2D eigenvalue weighted by atomic mass is 19.4. The lowest BCUT2D eigenvalue weighted by Gasteiger charge is -2.27. The first-order valence-electron chi connectivity index (χ1n) is 7.78. The van der Waals surface area contributed by atoms with Crippen LogP contribution in [0.15, 0.2) is 18.2 Å². The number of para-hydroxylation sites is 1. The van der Waals surface area contributed by atoms with Gasteiger partial charge in [-0.1, -0.05) is 12.1 Å². The van der Waals surface area contributed by atoms with E-state index in [2.05, 4.69) is 15.7 Å². The van der Waals surface area contributed by atoms with Gasteiger partial charge in [-0.05, 0) is 13.0 Å². The normalized spacial score (nSPS) is 16.6. The summed E-state index contributed by atoms with van der Waals surface area (Å²) in [6.45, 7) is 1.44. The Hall–Kier alpha value is -2.78. The number of alkyl halides is 3. The van der Waals surface area contributed by atoms with Gasteiger partial charge in [0, 0.05) is 24.6 Å². The number of urea groups is 1. The Morgan fingerprint density at radius 2 is 2.12 bits per heavy atom. The molecule has 0 radical (unpaired) electrons. The second kappa shape index (κ2) is 6.50. The van der Waals surface area contributed by atoms with Gasteiger partial charge in [-0.25, -0.2) is 9.18 Å². The van der Waals surface area contributed by atoms with Gasteiger partial charge >= 0.3 is 12.2 Å². The number of benzene rings is 1. The maximum absolute atomic E-state index is 13.8. The third-order valence-electron chi connectivity index (χ3n) is 4.12. The number of ether oxygens (including phenoxy) is 1. The van der Waals surface area contributed by atoms with Crippen molar-refractivity contribution < 1.29 is 27.1 Å². The van der Waals surface area contributed by atoms with Crippen LogP contribution in [-0.2, 0) is 13.2 Å². The first-order chi connectivity index (χ1) is 12.2. The zero-order valence-corrected chi connectivity index (χ0v) is 13.9. The minimum Gasteiger partial charge on any atom is -0.490 e. The molecule has 0 aliphatic carbocycles. The molecule has 1 aromatic heterocycles. The summed E-state index contributed by atoms with van der Waals surface area (Å²) in [5.74, 6) is -0.534. The molecule has 0 saturated heterocycles. The number of aryl methyl sites for hydroxylation is 1. The van der Waals surface area contributed by atoms with Crippen molar-refractivity contribution in [2.24, 2.45) is 7.05 Å². The van der Waals surface area contributed by atoms with Gasteiger partial charge in [0.25, 0.3) is 0 Å². The van der Waals surface area contributed by atoms with E-state index < -0.39 is 29.8 Å². The largest absolute Gasteiger partial charge is 0.490 e. The third kappa shape index (κ3) is 3.31. The molecule has 3 rings (SSSR count). The second-order valence-corrected chi connectivity index (χ2v) is 5.89. The summed E-state index contributed by atoms with van der Waals surface area (Å²) in [5.41, 5.74) is -0.772. The van der Waals surface area contributed by atoms with Crippen LogP contribution in [0.4, 0.5) is 28.2 Å². The number of carbonyl (C=O) groups excluding carboxylic acids is 1. The number of hydrogen-bond acceptors (Lipinski definition) is 3. The predicted octanol–water partition coefficient (Wildman–Crippen LogP) is 3.53. The monoisotopic (exact) mass is 372 g/mol. The highest BCUT2D eigenvalue weighted by Crippen LogP contribution is 2.35. The average molecular weight is 372 g/mol. The Morgan fingerprint density at radius 3 is 2.77 bits per heavy atom. The minimum absolute atomic E-state index is 0.0682. The zero-order valence-electron chi connectivity index (χ0n) is 13.9. The fraction of sp³-hybridized carbons (Fsp3) is 0.375. The summed E-state index contributed by atoms with van der Waals surface area (Å²) >= 11 is 0. The maximum atomic E-state index is 13.8. The predicted molar refractivity (Wildman–Crippen MR) is 84.4 cm³/mol. The van der Waals surface area contributed by atoms with Gasteiger partial charge in [-0.3, -0.25) is 10.00 Å². The number of aromatic nitrogens is 2. The smallest absolute Gasteiger partial charge is 0.435 e. The molecule has 2 heterocycles. The number of carbonyl (C=O) groups is 1. The second-order valence-electron chi connectivity index (χ2n) is 5.89. The van der Waals surface area contributed by atoms with E-state index in [1.807, 2.05) is 0 Å². The lowest BCUT2D eigenvalue weighted by atomic mass is 10.0. The number of nitrogens with one attached hydrogen (secondary N) is 2. The van der Waals surface area contributed by atoms with Gasteiger partial charge < -0.3 is 10.1 Å². The molecule has 0 unspecified atom stereocenters. The number of hydrogen-bond donors (Lipinski definition) is 2. The molecule has 2 N–H and O–H groups in total. The Bertz CT molecular complexity index is 848. The quantitative estimate of drug-likeness (QED) is 0.793. The van der Waals surface area contributed by atoms with E-state index in [0.29, 0.717) is 12.0 Å². The highest BCUT2D eigenvalue weighted by molar-refractivity contribution is 5.89. The first kappa shape index (κ1) is 18.0. The van der Waals surface area contributed by atoms with Crippen LogP contribution in [-0.4, -0.2) is 22.4 Å². The van der Waals surface area contributed by atoms with Gasteiger partial charge in [0.15, 0.2) is 17.3 Å². The molecule has 140 valence electrons. The summed E-state index contributed by atoms with van der Waals surface area (Å²) in [4.78, 5) is 12.3. The first-order valence-corrected chi connectivity index (χ1v) is 7.78. The number of halogens is 4. The van der Waals surface area contributed by atoms with Crippen molar-refractivity contribution in [1.82, 2.24) is 15.1 Å². The van der Waals surface area contributed by atoms with E-state index in [4.69, 9.17) is 4.74 Å². The van der Waals surface area contributed by atoms with Gasteiger partial charge in [-0.2, -0.15) is 18.3 Å². The van der Waals surface area contributed by atoms with E-state index in [9.17, 15) is 22.4 Å². The lowest BCUT2D eigenvalue weighted by molar-refractivity contribution is -0.141. The SMILES string of the molecule is Cc1c(C(F)(F)F)nn(C)c1NC(=O)N[C@H]1CCOc2c(F)cccc21. The molecule has 0 saturated carbocycles. The summed E-state index contributed by atoms with van der Waals surface area (Å²) in [6.07, 6.45) is -4.21. The lowest BCUT2D eigenvalue weighted by Crippen LogP contribution is -2.36. The van der Waals surface area contributed by atoms with Gasteiger partial charge in [-0.15, -0.1) is 0 Å². The molecule has 6 nitrogen and oxygen atoms in total. The molecule has 2 aromatic rings. The van der Waals surface area contributed by atoms with E-state index in [1.54, 1.807) is 6.07 Å². The minimum atomic E-state index is -4.62. The summed E-state index contributed by atoms with van der Waals surface area (Å²) in [6, 6.07) is 3.13. The average Bonchev–Trinajstić information content (AvgIpc) is 2.84. The summed E-state index contributed by atoms with van der Waals surface area (Å²) < 4.78 is 58.7. The Labute approximate surface area is 146 Å². The van der Waals surface area contributed by atoms with Crippen LogP contribution >= 0.6 is 0 Å². The number of fused-ring (bicyclic) bond motifs is 1. The number of amides is 2. The summed E-state index contributed by atoms with van der Waals surface area (Å²) in [7, 11) is 1.30. The van der Waals surface area contributed by atoms with Crippen molar-refractivity contribution in [3.63, 3.8) is 0 Å². The molecule has 1 aliphatic heterocycles. The third-order valence-corrected chi connectivity index (χ3v) is 4.12. The van der Waals surface area contributed by atoms with Gasteiger partial charge in [0.1, 0.15) is 5.82 Å². The molecule has 10 heteroatoms. The van der Waals surface area contributed by atoms with Crippen molar-refractivity contribution in [2.45, 2.75) is 25.6 Å². The van der Waals surface area contributed by atoms with Gasteiger partial charge in [0.05, 0.1) is 12.6 Å². The van der Waals surface area contributed by atoms with E-state index >= 15 is 0 Å². The van der Waals surface area contributed by atoms with Crippen LogP contribution in [0.1, 0.15) is 29.3 Å². The van der Waals surface area contributed by atoms with Crippen LogP contribution in [0.2, 0.25) is 0 Å². The Morgan fingerprint density at radius 1 is 1.38 bits per heavy atom. The van der Waals surface area contributed by atoms with Crippen LogP contribution in [0.25, 0.3) is 0 Å². The molecule has 26 heavy (non-hydrogen) atoms. The highest BCUT2D eigenvalue weighted by Gasteiger charge is 2.37. The van der Waals surface area contributed by atoms with E-state index in [0.717, 1.165) is 4.68 Å². The molecule has 2 amide bonds. The van der Waals surface area contributed by atoms with E-state index in [-0.39, 0.29) is 23.7 Å². The Balaban J connectivity index is 1.78. The Kier molecular flexibility index (Phi) is 4.51. The number of anilines is 1. The number of rotatable bonds is 2. The fourth-order valence-corrected chi connectivity index (χ4v) is 2.91. The standard InChI is InChI=1S/C16H16F4N4O2/c1-8-13(16(18,19)20)23-24(2)14(8)22-15(25)21-11-6-7-26-12-9(11)4-3-5-10(12)17/h3-5,11H,6-7H2,1-2H3,(H2,21,22,25)/t11-/m0/s1. The van der Waals surface area contributed by atoms with Crippen molar-refractivity contribution in [3.05, 3.63) is 40.8 Å². The van der Waals surface area contributed by atoms with Gasteiger partial charge in [0.2, 0.25) is 0 Å². The van der Waals surface area contributed by atoms with Crippen LogP contribution < -0.4 is 15.4 Å². The zero-order chi connectivity index (χ0) is 19.1.